The fourth-order valence-electron chi connectivity index (χ4n) is 4.34. The van der Waals surface area contributed by atoms with Crippen LogP contribution in [0.1, 0.15) is 16.7 Å². The van der Waals surface area contributed by atoms with Crippen LogP contribution in [0.2, 0.25) is 0 Å². The van der Waals surface area contributed by atoms with Crippen LogP contribution in [0, 0.1) is 6.92 Å². The molecule has 0 aliphatic heterocycles. The molecule has 0 amide bonds. The summed E-state index contributed by atoms with van der Waals surface area (Å²) in [5.41, 5.74) is 2.80. The molecule has 0 fully saturated rings. The number of anilines is 1. The van der Waals surface area contributed by atoms with Gasteiger partial charge in [0, 0.05) is 19.2 Å². The lowest BCUT2D eigenvalue weighted by Gasteiger charge is -2.13. The molecule has 5 rings (SSSR count). The predicted octanol–water partition coefficient (Wildman–Crippen LogP) is 7.03. The van der Waals surface area contributed by atoms with E-state index in [-0.39, 0.29) is 5.43 Å². The second kappa shape index (κ2) is 12.7. The Morgan fingerprint density at radius 2 is 1.67 bits per heavy atom. The zero-order chi connectivity index (χ0) is 30.6. The van der Waals surface area contributed by atoms with Gasteiger partial charge in [-0.25, -0.2) is 4.98 Å². The van der Waals surface area contributed by atoms with E-state index in [0.717, 1.165) is 11.1 Å². The smallest absolute Gasteiger partial charge is 0.488 e. The Morgan fingerprint density at radius 1 is 0.930 bits per heavy atom. The average Bonchev–Trinajstić information content (AvgIpc) is 2.96. The molecule has 8 nitrogen and oxygen atoms in total. The normalized spacial score (nSPS) is 11.8. The Labute approximate surface area is 245 Å². The standard InChI is InChI=1S/C32H30F3N3O5/c1-20-14-26-30(39)25-10-8-23(16-27(25)43-31(26)28(15-20)40-13-12-38(2)3)42-24-9-11-29(37-18-24)36-17-21-4-6-22(7-5-21)19-41-32(33,34)35/h4-11,14-16,18H,12-13,17,19H2,1-3H3,(H,36,37). The molecule has 1 N–H and O–H groups in total. The molecule has 0 saturated carbocycles. The summed E-state index contributed by atoms with van der Waals surface area (Å²) in [4.78, 5) is 19.7. The number of pyridine rings is 1. The average molecular weight is 594 g/mol. The lowest BCUT2D eigenvalue weighted by atomic mass is 10.1. The van der Waals surface area contributed by atoms with E-state index in [1.54, 1.807) is 66.9 Å². The maximum Gasteiger partial charge on any atom is 0.522 e. The Morgan fingerprint density at radius 3 is 2.37 bits per heavy atom. The SMILES string of the molecule is Cc1cc(OCCN(C)C)c2oc3cc(Oc4ccc(NCc5ccc(COC(F)(F)F)cc5)nc4)ccc3c(=O)c2c1. The van der Waals surface area contributed by atoms with E-state index < -0.39 is 13.0 Å². The molecule has 0 bridgehead atoms. The number of ether oxygens (including phenoxy) is 3. The maximum absolute atomic E-state index is 13.3. The Bertz CT molecular complexity index is 1770. The van der Waals surface area contributed by atoms with Gasteiger partial charge in [-0.2, -0.15) is 0 Å². The van der Waals surface area contributed by atoms with Gasteiger partial charge in [-0.3, -0.25) is 9.53 Å². The molecular formula is C32H30F3N3O5. The highest BCUT2D eigenvalue weighted by molar-refractivity contribution is 5.93. The van der Waals surface area contributed by atoms with Crippen molar-refractivity contribution in [2.45, 2.75) is 26.4 Å². The number of benzene rings is 3. The lowest BCUT2D eigenvalue weighted by molar-refractivity contribution is -0.330. The molecule has 43 heavy (non-hydrogen) atoms. The van der Waals surface area contributed by atoms with Crippen molar-refractivity contribution in [3.63, 3.8) is 0 Å². The molecule has 2 heterocycles. The first-order valence-electron chi connectivity index (χ1n) is 13.5. The van der Waals surface area contributed by atoms with Crippen molar-refractivity contribution in [1.29, 1.82) is 0 Å². The van der Waals surface area contributed by atoms with Crippen molar-refractivity contribution in [2.24, 2.45) is 0 Å². The van der Waals surface area contributed by atoms with Gasteiger partial charge in [0.15, 0.2) is 11.3 Å². The van der Waals surface area contributed by atoms with Gasteiger partial charge in [-0.15, -0.1) is 13.2 Å². The van der Waals surface area contributed by atoms with Crippen LogP contribution in [0.25, 0.3) is 21.9 Å². The molecule has 0 aliphatic carbocycles. The summed E-state index contributed by atoms with van der Waals surface area (Å²) >= 11 is 0. The highest BCUT2D eigenvalue weighted by Crippen LogP contribution is 2.31. The fourth-order valence-corrected chi connectivity index (χ4v) is 4.34. The lowest BCUT2D eigenvalue weighted by Crippen LogP contribution is -2.19. The minimum Gasteiger partial charge on any atom is -0.488 e. The minimum absolute atomic E-state index is 0.148. The summed E-state index contributed by atoms with van der Waals surface area (Å²) in [7, 11) is 3.91. The van der Waals surface area contributed by atoms with Gasteiger partial charge in [-0.05, 0) is 74.1 Å². The highest BCUT2D eigenvalue weighted by Gasteiger charge is 2.28. The summed E-state index contributed by atoms with van der Waals surface area (Å²) in [5, 5.41) is 4.05. The molecule has 0 saturated heterocycles. The first-order valence-corrected chi connectivity index (χ1v) is 13.5. The number of hydrogen-bond donors (Lipinski definition) is 1. The van der Waals surface area contributed by atoms with Crippen LogP contribution in [0.3, 0.4) is 0 Å². The van der Waals surface area contributed by atoms with Gasteiger partial charge < -0.3 is 24.1 Å². The second-order valence-electron chi connectivity index (χ2n) is 10.3. The molecular weight excluding hydrogens is 563 g/mol. The van der Waals surface area contributed by atoms with E-state index in [2.05, 4.69) is 15.0 Å². The Kier molecular flexibility index (Phi) is 8.84. The fraction of sp³-hybridized carbons (Fsp3) is 0.250. The van der Waals surface area contributed by atoms with Gasteiger partial charge in [0.05, 0.1) is 23.6 Å². The van der Waals surface area contributed by atoms with E-state index >= 15 is 0 Å². The van der Waals surface area contributed by atoms with Crippen LogP contribution >= 0.6 is 0 Å². The van der Waals surface area contributed by atoms with E-state index in [0.29, 0.717) is 70.3 Å². The molecule has 0 radical (unpaired) electrons. The number of fused-ring (bicyclic) bond motifs is 2. The van der Waals surface area contributed by atoms with Crippen LogP contribution in [-0.2, 0) is 17.9 Å². The van der Waals surface area contributed by atoms with Crippen LogP contribution in [0.15, 0.2) is 82.1 Å². The van der Waals surface area contributed by atoms with Gasteiger partial charge in [0.2, 0.25) is 5.43 Å². The molecule has 0 aliphatic rings. The molecule has 2 aromatic heterocycles. The zero-order valence-electron chi connectivity index (χ0n) is 23.8. The molecule has 11 heteroatoms. The van der Waals surface area contributed by atoms with E-state index in [1.807, 2.05) is 32.0 Å². The highest BCUT2D eigenvalue weighted by atomic mass is 19.4. The van der Waals surface area contributed by atoms with Crippen LogP contribution < -0.4 is 20.2 Å². The molecule has 224 valence electrons. The maximum atomic E-state index is 13.3. The van der Waals surface area contributed by atoms with Crippen molar-refractivity contribution in [1.82, 2.24) is 9.88 Å². The quantitative estimate of drug-likeness (QED) is 0.163. The molecule has 3 aromatic carbocycles. The van der Waals surface area contributed by atoms with E-state index in [4.69, 9.17) is 13.9 Å². The van der Waals surface area contributed by atoms with Crippen LogP contribution in [-0.4, -0.2) is 43.5 Å². The Balaban J connectivity index is 1.26. The largest absolute Gasteiger partial charge is 0.522 e. The number of nitrogens with zero attached hydrogens (tertiary/aromatic N) is 2. The van der Waals surface area contributed by atoms with Crippen molar-refractivity contribution in [3.05, 3.63) is 99.8 Å². The summed E-state index contributed by atoms with van der Waals surface area (Å²) < 4.78 is 58.6. The van der Waals surface area contributed by atoms with Gasteiger partial charge >= 0.3 is 6.36 Å². The number of halogens is 3. The monoisotopic (exact) mass is 593 g/mol. The van der Waals surface area contributed by atoms with Gasteiger partial charge in [-0.1, -0.05) is 24.3 Å². The minimum atomic E-state index is -4.66. The topological polar surface area (TPSA) is 86.1 Å². The number of aromatic nitrogens is 1. The van der Waals surface area contributed by atoms with Gasteiger partial charge in [0.25, 0.3) is 0 Å². The summed E-state index contributed by atoms with van der Waals surface area (Å²) in [6.45, 7) is 2.95. The third-order valence-corrected chi connectivity index (χ3v) is 6.52. The third-order valence-electron chi connectivity index (χ3n) is 6.52. The second-order valence-corrected chi connectivity index (χ2v) is 10.3. The first-order chi connectivity index (χ1) is 20.5. The van der Waals surface area contributed by atoms with E-state index in [1.165, 1.54) is 0 Å². The van der Waals surface area contributed by atoms with Gasteiger partial charge in [0.1, 0.15) is 29.5 Å². The van der Waals surface area contributed by atoms with Crippen molar-refractivity contribution < 1.29 is 31.8 Å². The number of likely N-dealkylation sites (N-methyl/N-ethyl adjacent to an activating group) is 1. The first kappa shape index (κ1) is 29.9. The third kappa shape index (κ3) is 7.82. The summed E-state index contributed by atoms with van der Waals surface area (Å²) in [6, 6.07) is 18.8. The molecule has 5 aromatic rings. The van der Waals surface area contributed by atoms with E-state index in [9.17, 15) is 18.0 Å². The number of nitrogens with one attached hydrogen (secondary N) is 1. The number of rotatable bonds is 11. The van der Waals surface area contributed by atoms with Crippen LogP contribution in [0.4, 0.5) is 19.0 Å². The van der Waals surface area contributed by atoms with Crippen molar-refractivity contribution in [3.8, 4) is 17.2 Å². The van der Waals surface area contributed by atoms with Crippen LogP contribution in [0.5, 0.6) is 17.2 Å². The predicted molar refractivity (Wildman–Crippen MR) is 158 cm³/mol. The zero-order valence-corrected chi connectivity index (χ0v) is 23.8. The number of hydrogen-bond acceptors (Lipinski definition) is 8. The Hall–Kier alpha value is -4.61. The molecule has 0 atom stereocenters. The van der Waals surface area contributed by atoms with Crippen molar-refractivity contribution >= 4 is 27.8 Å². The summed E-state index contributed by atoms with van der Waals surface area (Å²) in [5.74, 6) is 2.05. The molecule has 0 unspecified atom stereocenters. The molecule has 0 spiro atoms. The number of aryl methyl sites for hydroxylation is 1. The summed E-state index contributed by atoms with van der Waals surface area (Å²) in [6.07, 6.45) is -3.11. The number of alkyl halides is 3. The van der Waals surface area contributed by atoms with Crippen molar-refractivity contribution in [2.75, 3.05) is 32.6 Å².